The molecule has 116 valence electrons. The van der Waals surface area contributed by atoms with Crippen LogP contribution in [0.3, 0.4) is 0 Å². The Labute approximate surface area is 135 Å². The zero-order valence-corrected chi connectivity index (χ0v) is 13.1. The molecule has 0 atom stereocenters. The van der Waals surface area contributed by atoms with Crippen LogP contribution in [0.5, 0.6) is 5.75 Å². The predicted molar refractivity (Wildman–Crippen MR) is 89.4 cm³/mol. The molecule has 0 aromatic heterocycles. The molecule has 1 heterocycles. The molecule has 1 aliphatic rings. The summed E-state index contributed by atoms with van der Waals surface area (Å²) in [6.07, 6.45) is 1.75. The second-order valence-corrected chi connectivity index (χ2v) is 5.15. The summed E-state index contributed by atoms with van der Waals surface area (Å²) < 4.78 is 10.7. The molecule has 0 fully saturated rings. The van der Waals surface area contributed by atoms with Gasteiger partial charge in [0.15, 0.2) is 5.70 Å². The van der Waals surface area contributed by atoms with Gasteiger partial charge in [-0.2, -0.15) is 0 Å². The van der Waals surface area contributed by atoms with Gasteiger partial charge in [0.25, 0.3) is 0 Å². The van der Waals surface area contributed by atoms with E-state index in [0.717, 1.165) is 22.4 Å². The molecule has 23 heavy (non-hydrogen) atoms. The number of aryl methyl sites for hydroxylation is 1. The number of carbonyl (C=O) groups is 1. The van der Waals surface area contributed by atoms with E-state index in [2.05, 4.69) is 4.99 Å². The lowest BCUT2D eigenvalue weighted by molar-refractivity contribution is -0.129. The molecular weight excluding hydrogens is 290 g/mol. The van der Waals surface area contributed by atoms with Crippen LogP contribution in [0, 0.1) is 6.92 Å². The molecule has 4 heteroatoms. The second-order valence-electron chi connectivity index (χ2n) is 5.15. The fraction of sp³-hybridized carbons (Fsp3) is 0.158. The fourth-order valence-corrected chi connectivity index (χ4v) is 2.29. The van der Waals surface area contributed by atoms with Gasteiger partial charge in [-0.05, 0) is 55.3 Å². The highest BCUT2D eigenvalue weighted by molar-refractivity contribution is 6.12. The van der Waals surface area contributed by atoms with Crippen LogP contribution in [0.2, 0.25) is 0 Å². The van der Waals surface area contributed by atoms with Crippen molar-refractivity contribution in [2.24, 2.45) is 4.99 Å². The number of rotatable bonds is 4. The van der Waals surface area contributed by atoms with Crippen LogP contribution in [-0.4, -0.2) is 18.5 Å². The van der Waals surface area contributed by atoms with E-state index in [1.54, 1.807) is 6.08 Å². The summed E-state index contributed by atoms with van der Waals surface area (Å²) >= 11 is 0. The quantitative estimate of drug-likeness (QED) is 0.638. The minimum absolute atomic E-state index is 0.309. The van der Waals surface area contributed by atoms with E-state index >= 15 is 0 Å². The van der Waals surface area contributed by atoms with Crippen molar-refractivity contribution in [2.45, 2.75) is 13.8 Å². The third kappa shape index (κ3) is 3.31. The molecule has 0 aliphatic carbocycles. The minimum Gasteiger partial charge on any atom is -0.494 e. The molecule has 0 unspecified atom stereocenters. The lowest BCUT2D eigenvalue weighted by Crippen LogP contribution is -2.05. The first kappa shape index (κ1) is 15.0. The van der Waals surface area contributed by atoms with Crippen molar-refractivity contribution >= 4 is 17.9 Å². The van der Waals surface area contributed by atoms with Crippen LogP contribution in [0.4, 0.5) is 0 Å². The van der Waals surface area contributed by atoms with E-state index in [0.29, 0.717) is 18.2 Å². The van der Waals surface area contributed by atoms with Gasteiger partial charge in [-0.25, -0.2) is 9.79 Å². The highest BCUT2D eigenvalue weighted by Gasteiger charge is 2.24. The summed E-state index contributed by atoms with van der Waals surface area (Å²) in [5, 5.41) is 0. The van der Waals surface area contributed by atoms with Crippen molar-refractivity contribution in [1.29, 1.82) is 0 Å². The van der Waals surface area contributed by atoms with Crippen molar-refractivity contribution < 1.29 is 14.3 Å². The van der Waals surface area contributed by atoms with E-state index in [9.17, 15) is 4.79 Å². The topological polar surface area (TPSA) is 47.9 Å². The number of aliphatic imine (C=N–C) groups is 1. The normalized spacial score (nSPS) is 15.5. The Hall–Kier alpha value is -2.88. The number of esters is 1. The average molecular weight is 307 g/mol. The van der Waals surface area contributed by atoms with Crippen molar-refractivity contribution in [3.8, 4) is 5.75 Å². The Morgan fingerprint density at radius 1 is 1.13 bits per heavy atom. The zero-order chi connectivity index (χ0) is 16.2. The second kappa shape index (κ2) is 6.48. The van der Waals surface area contributed by atoms with E-state index in [1.807, 2.05) is 62.4 Å². The van der Waals surface area contributed by atoms with Crippen LogP contribution < -0.4 is 4.74 Å². The number of hydrogen-bond acceptors (Lipinski definition) is 4. The van der Waals surface area contributed by atoms with Crippen molar-refractivity contribution in [2.75, 3.05) is 6.61 Å². The van der Waals surface area contributed by atoms with Crippen molar-refractivity contribution in [3.63, 3.8) is 0 Å². The van der Waals surface area contributed by atoms with Crippen LogP contribution in [0.15, 0.2) is 59.2 Å². The Kier molecular flexibility index (Phi) is 4.24. The highest BCUT2D eigenvalue weighted by Crippen LogP contribution is 2.21. The monoisotopic (exact) mass is 307 g/mol. The molecule has 0 saturated carbocycles. The number of benzene rings is 2. The van der Waals surface area contributed by atoms with Gasteiger partial charge in [0.2, 0.25) is 5.90 Å². The largest absolute Gasteiger partial charge is 0.494 e. The van der Waals surface area contributed by atoms with E-state index in [4.69, 9.17) is 9.47 Å². The minimum atomic E-state index is -0.433. The number of nitrogens with zero attached hydrogens (tertiary/aromatic N) is 1. The summed E-state index contributed by atoms with van der Waals surface area (Å²) in [6, 6.07) is 15.1. The third-order valence-corrected chi connectivity index (χ3v) is 3.51. The van der Waals surface area contributed by atoms with Gasteiger partial charge < -0.3 is 9.47 Å². The standard InChI is InChI=1S/C19H17NO3/c1-3-22-16-10-8-14(9-11-16)18-20-17(19(21)23-18)12-15-7-5-4-6-13(15)2/h4-12H,3H2,1-2H3/b17-12-. The Balaban J connectivity index is 1.88. The maximum absolute atomic E-state index is 12.0. The van der Waals surface area contributed by atoms with Crippen LogP contribution in [-0.2, 0) is 9.53 Å². The fourth-order valence-electron chi connectivity index (χ4n) is 2.29. The van der Waals surface area contributed by atoms with Crippen molar-refractivity contribution in [1.82, 2.24) is 0 Å². The molecule has 2 aromatic rings. The molecule has 0 bridgehead atoms. The maximum atomic E-state index is 12.0. The summed E-state index contributed by atoms with van der Waals surface area (Å²) in [6.45, 7) is 4.53. The molecular formula is C19H17NO3. The number of ether oxygens (including phenoxy) is 2. The molecule has 4 nitrogen and oxygen atoms in total. The van der Waals surface area contributed by atoms with Gasteiger partial charge in [0.05, 0.1) is 6.61 Å². The van der Waals surface area contributed by atoms with E-state index in [-0.39, 0.29) is 0 Å². The summed E-state index contributed by atoms with van der Waals surface area (Å²) in [4.78, 5) is 16.3. The molecule has 0 spiro atoms. The molecule has 2 aromatic carbocycles. The summed E-state index contributed by atoms with van der Waals surface area (Å²) in [5.41, 5.74) is 3.09. The molecule has 0 N–H and O–H groups in total. The zero-order valence-electron chi connectivity index (χ0n) is 13.1. The van der Waals surface area contributed by atoms with Gasteiger partial charge in [-0.3, -0.25) is 0 Å². The lowest BCUT2D eigenvalue weighted by atomic mass is 10.1. The first-order chi connectivity index (χ1) is 11.2. The maximum Gasteiger partial charge on any atom is 0.363 e. The summed E-state index contributed by atoms with van der Waals surface area (Å²) in [5.74, 6) is 0.659. The SMILES string of the molecule is CCOc1ccc(C2=N/C(=C\c3ccccc3C)C(=O)O2)cc1. The Morgan fingerprint density at radius 3 is 2.57 bits per heavy atom. The lowest BCUT2D eigenvalue weighted by Gasteiger charge is -2.03. The first-order valence-electron chi connectivity index (χ1n) is 7.49. The van der Waals surface area contributed by atoms with E-state index < -0.39 is 5.97 Å². The Morgan fingerprint density at radius 2 is 1.87 bits per heavy atom. The first-order valence-corrected chi connectivity index (χ1v) is 7.49. The van der Waals surface area contributed by atoms with Crippen LogP contribution in [0.25, 0.3) is 6.08 Å². The number of hydrogen-bond donors (Lipinski definition) is 0. The third-order valence-electron chi connectivity index (χ3n) is 3.51. The molecule has 0 amide bonds. The average Bonchev–Trinajstić information content (AvgIpc) is 2.92. The van der Waals surface area contributed by atoms with Gasteiger partial charge in [0, 0.05) is 5.56 Å². The molecule has 0 radical (unpaired) electrons. The summed E-state index contributed by atoms with van der Waals surface area (Å²) in [7, 11) is 0. The van der Waals surface area contributed by atoms with Gasteiger partial charge >= 0.3 is 5.97 Å². The van der Waals surface area contributed by atoms with Gasteiger partial charge in [0.1, 0.15) is 5.75 Å². The van der Waals surface area contributed by atoms with Gasteiger partial charge in [-0.1, -0.05) is 24.3 Å². The Bertz CT molecular complexity index is 789. The van der Waals surface area contributed by atoms with Crippen LogP contribution in [0.1, 0.15) is 23.6 Å². The smallest absolute Gasteiger partial charge is 0.363 e. The molecule has 3 rings (SSSR count). The van der Waals surface area contributed by atoms with Crippen LogP contribution >= 0.6 is 0 Å². The number of carbonyl (C=O) groups excluding carboxylic acids is 1. The predicted octanol–water partition coefficient (Wildman–Crippen LogP) is 3.74. The molecule has 1 aliphatic heterocycles. The van der Waals surface area contributed by atoms with Crippen molar-refractivity contribution in [3.05, 3.63) is 70.9 Å². The molecule has 0 saturated heterocycles. The highest BCUT2D eigenvalue weighted by atomic mass is 16.6. The van der Waals surface area contributed by atoms with Gasteiger partial charge in [-0.15, -0.1) is 0 Å². The number of cyclic esters (lactones) is 1. The van der Waals surface area contributed by atoms with E-state index in [1.165, 1.54) is 0 Å².